The third-order valence-electron chi connectivity index (χ3n) is 5.96. The van der Waals surface area contributed by atoms with Crippen LogP contribution in [-0.2, 0) is 17.8 Å². The quantitative estimate of drug-likeness (QED) is 0.621. The maximum Gasteiger partial charge on any atom is 0.410 e. The number of fused-ring (bicyclic) bond motifs is 2. The van der Waals surface area contributed by atoms with E-state index in [0.29, 0.717) is 6.61 Å². The zero-order valence-electron chi connectivity index (χ0n) is 16.6. The topological polar surface area (TPSA) is 29.5 Å². The Labute approximate surface area is 168 Å². The summed E-state index contributed by atoms with van der Waals surface area (Å²) in [4.78, 5) is 14.7. The van der Waals surface area contributed by atoms with Gasteiger partial charge in [-0.05, 0) is 54.4 Å². The summed E-state index contributed by atoms with van der Waals surface area (Å²) in [7, 11) is 0. The van der Waals surface area contributed by atoms with Gasteiger partial charge in [0.05, 0.1) is 6.04 Å². The number of aryl methyl sites for hydroxylation is 1. The zero-order valence-corrected chi connectivity index (χ0v) is 16.6. The second kappa shape index (κ2) is 8.64. The van der Waals surface area contributed by atoms with Gasteiger partial charge in [-0.3, -0.25) is 4.90 Å². The number of nitrogens with zero attached hydrogens (tertiary/aromatic N) is 1. The summed E-state index contributed by atoms with van der Waals surface area (Å²) in [5.74, 6) is 0. The third-order valence-corrected chi connectivity index (χ3v) is 5.96. The first-order chi connectivity index (χ1) is 13.7. The Hall–Kier alpha value is -2.55. The largest absolute Gasteiger partial charge is 0.445 e. The average Bonchev–Trinajstić information content (AvgIpc) is 3.01. The summed E-state index contributed by atoms with van der Waals surface area (Å²) in [6.45, 7) is 2.57. The van der Waals surface area contributed by atoms with E-state index >= 15 is 0 Å². The molecule has 1 amide bonds. The molecule has 2 heterocycles. The molecule has 2 aliphatic rings. The van der Waals surface area contributed by atoms with E-state index in [-0.39, 0.29) is 18.2 Å². The number of benzene rings is 2. The predicted octanol–water partition coefficient (Wildman–Crippen LogP) is 5.99. The normalized spacial score (nSPS) is 20.8. The van der Waals surface area contributed by atoms with Gasteiger partial charge in [-0.2, -0.15) is 0 Å². The van der Waals surface area contributed by atoms with Crippen LogP contribution in [0.2, 0.25) is 0 Å². The van der Waals surface area contributed by atoms with Gasteiger partial charge in [0.1, 0.15) is 6.61 Å². The first kappa shape index (κ1) is 18.8. The fraction of sp³-hybridized carbons (Fsp3) is 0.400. The molecule has 0 radical (unpaired) electrons. The molecule has 0 spiro atoms. The summed E-state index contributed by atoms with van der Waals surface area (Å²) >= 11 is 0. The first-order valence-electron chi connectivity index (χ1n) is 10.5. The minimum Gasteiger partial charge on any atom is -0.445 e. The van der Waals surface area contributed by atoms with Crippen molar-refractivity contribution in [1.82, 2.24) is 4.90 Å². The van der Waals surface area contributed by atoms with E-state index in [2.05, 4.69) is 37.3 Å². The minimum atomic E-state index is -0.179. The van der Waals surface area contributed by atoms with Gasteiger partial charge in [0.15, 0.2) is 0 Å². The monoisotopic (exact) mass is 375 g/mol. The van der Waals surface area contributed by atoms with Gasteiger partial charge in [-0.1, -0.05) is 74.0 Å². The Balaban J connectivity index is 1.41. The fourth-order valence-electron chi connectivity index (χ4n) is 4.39. The van der Waals surface area contributed by atoms with Gasteiger partial charge in [-0.25, -0.2) is 4.79 Å². The van der Waals surface area contributed by atoms with Crippen LogP contribution in [0.3, 0.4) is 0 Å². The zero-order chi connectivity index (χ0) is 19.3. The van der Waals surface area contributed by atoms with Crippen LogP contribution < -0.4 is 0 Å². The Morgan fingerprint density at radius 2 is 1.82 bits per heavy atom. The van der Waals surface area contributed by atoms with Crippen molar-refractivity contribution in [2.24, 2.45) is 0 Å². The molecule has 1 fully saturated rings. The van der Waals surface area contributed by atoms with Crippen LogP contribution >= 0.6 is 0 Å². The predicted molar refractivity (Wildman–Crippen MR) is 113 cm³/mol. The maximum absolute atomic E-state index is 12.7. The second-order valence-corrected chi connectivity index (χ2v) is 7.94. The Morgan fingerprint density at radius 3 is 2.54 bits per heavy atom. The lowest BCUT2D eigenvalue weighted by atomic mass is 9.94. The van der Waals surface area contributed by atoms with Crippen molar-refractivity contribution >= 4 is 11.7 Å². The molecule has 0 N–H and O–H groups in total. The van der Waals surface area contributed by atoms with Crippen molar-refractivity contribution in [2.75, 3.05) is 0 Å². The van der Waals surface area contributed by atoms with Crippen molar-refractivity contribution < 1.29 is 9.53 Å². The van der Waals surface area contributed by atoms with Crippen LogP contribution in [0.25, 0.3) is 5.57 Å². The Morgan fingerprint density at radius 1 is 1.04 bits per heavy atom. The molecule has 28 heavy (non-hydrogen) atoms. The number of carbonyl (C=O) groups excluding carboxylic acids is 1. The molecular weight excluding hydrogens is 346 g/mol. The van der Waals surface area contributed by atoms with Crippen LogP contribution in [0, 0.1) is 0 Å². The van der Waals surface area contributed by atoms with Crippen molar-refractivity contribution in [1.29, 1.82) is 0 Å². The van der Waals surface area contributed by atoms with Gasteiger partial charge in [-0.15, -0.1) is 0 Å². The average molecular weight is 376 g/mol. The summed E-state index contributed by atoms with van der Waals surface area (Å²) in [6.07, 6.45) is 8.74. The van der Waals surface area contributed by atoms with Gasteiger partial charge >= 0.3 is 6.09 Å². The van der Waals surface area contributed by atoms with Gasteiger partial charge in [0.25, 0.3) is 0 Å². The number of hydrogen-bond acceptors (Lipinski definition) is 2. The number of hydrogen-bond donors (Lipinski definition) is 0. The van der Waals surface area contributed by atoms with Crippen molar-refractivity contribution in [2.45, 2.75) is 64.1 Å². The highest BCUT2D eigenvalue weighted by atomic mass is 16.6. The number of amides is 1. The van der Waals surface area contributed by atoms with E-state index < -0.39 is 0 Å². The molecule has 3 heteroatoms. The first-order valence-corrected chi connectivity index (χ1v) is 10.5. The van der Waals surface area contributed by atoms with Crippen molar-refractivity contribution in [3.05, 3.63) is 77.4 Å². The lowest BCUT2D eigenvalue weighted by molar-refractivity contribution is 0.0832. The summed E-state index contributed by atoms with van der Waals surface area (Å²) in [5.41, 5.74) is 5.12. The SMILES string of the molecule is CCCCc1ccc(C2=CC3CCC(C2)N3C(=O)OCc2ccccc2)cc1. The molecule has 2 aromatic carbocycles. The smallest absolute Gasteiger partial charge is 0.410 e. The molecule has 3 nitrogen and oxygen atoms in total. The molecule has 0 saturated carbocycles. The maximum atomic E-state index is 12.7. The van der Waals surface area contributed by atoms with E-state index in [0.717, 1.165) is 31.2 Å². The molecule has 2 unspecified atom stereocenters. The van der Waals surface area contributed by atoms with Crippen LogP contribution in [0.4, 0.5) is 4.79 Å². The molecule has 0 aliphatic carbocycles. The van der Waals surface area contributed by atoms with Gasteiger partial charge in [0, 0.05) is 6.04 Å². The molecule has 2 bridgehead atoms. The lowest BCUT2D eigenvalue weighted by Crippen LogP contribution is -2.43. The van der Waals surface area contributed by atoms with E-state index in [1.54, 1.807) is 0 Å². The summed E-state index contributed by atoms with van der Waals surface area (Å²) in [6, 6.07) is 19.3. The van der Waals surface area contributed by atoms with Crippen molar-refractivity contribution in [3.63, 3.8) is 0 Å². The van der Waals surface area contributed by atoms with Crippen LogP contribution in [0.1, 0.15) is 55.7 Å². The molecule has 2 aromatic rings. The molecule has 146 valence electrons. The highest BCUT2D eigenvalue weighted by Gasteiger charge is 2.40. The minimum absolute atomic E-state index is 0.164. The molecule has 1 saturated heterocycles. The van der Waals surface area contributed by atoms with E-state index in [9.17, 15) is 4.79 Å². The summed E-state index contributed by atoms with van der Waals surface area (Å²) < 4.78 is 5.60. The number of rotatable bonds is 6. The van der Waals surface area contributed by atoms with Gasteiger partial charge < -0.3 is 4.74 Å². The second-order valence-electron chi connectivity index (χ2n) is 7.94. The number of unbranched alkanes of at least 4 members (excludes halogenated alkanes) is 1. The molecular formula is C25H29NO2. The van der Waals surface area contributed by atoms with Crippen LogP contribution in [0.15, 0.2) is 60.7 Å². The number of carbonyl (C=O) groups is 1. The summed E-state index contributed by atoms with van der Waals surface area (Å²) in [5, 5.41) is 0. The van der Waals surface area contributed by atoms with Gasteiger partial charge in [0.2, 0.25) is 0 Å². The molecule has 4 rings (SSSR count). The Bertz CT molecular complexity index is 825. The Kier molecular flexibility index (Phi) is 5.80. The molecule has 2 atom stereocenters. The molecule has 0 aromatic heterocycles. The van der Waals surface area contributed by atoms with Crippen LogP contribution in [-0.4, -0.2) is 23.1 Å². The number of ether oxygens (including phenoxy) is 1. The highest BCUT2D eigenvalue weighted by Crippen LogP contribution is 2.39. The van der Waals surface area contributed by atoms with E-state index in [4.69, 9.17) is 4.74 Å². The van der Waals surface area contributed by atoms with Crippen LogP contribution in [0.5, 0.6) is 0 Å². The lowest BCUT2D eigenvalue weighted by Gasteiger charge is -2.33. The standard InChI is InChI=1S/C25H29NO2/c1-2-3-7-19-10-12-21(13-11-19)22-16-23-14-15-24(17-22)26(23)25(27)28-18-20-8-5-4-6-9-20/h4-6,8-13,16,23-24H,2-3,7,14-15,17-18H2,1H3. The third kappa shape index (κ3) is 4.14. The van der Waals surface area contributed by atoms with Crippen molar-refractivity contribution in [3.8, 4) is 0 Å². The van der Waals surface area contributed by atoms with E-state index in [1.807, 2.05) is 35.2 Å². The van der Waals surface area contributed by atoms with E-state index in [1.165, 1.54) is 29.5 Å². The highest BCUT2D eigenvalue weighted by molar-refractivity contribution is 5.75. The molecule has 2 aliphatic heterocycles. The fourth-order valence-corrected chi connectivity index (χ4v) is 4.39.